The molecule has 0 aliphatic carbocycles. The number of carbonyl (C=O) groups is 1. The first kappa shape index (κ1) is 12.9. The summed E-state index contributed by atoms with van der Waals surface area (Å²) in [6, 6.07) is 7.10. The van der Waals surface area contributed by atoms with Gasteiger partial charge in [-0.25, -0.2) is 0 Å². The fourth-order valence-electron chi connectivity index (χ4n) is 1.62. The molecule has 1 aromatic carbocycles. The largest absolute Gasteiger partial charge is 0.493 e. The molecular weight excluding hydrogens is 246 g/mol. The van der Waals surface area contributed by atoms with Crippen molar-refractivity contribution in [3.63, 3.8) is 0 Å². The highest BCUT2D eigenvalue weighted by Gasteiger charge is 2.09. The highest BCUT2D eigenvalue weighted by Crippen LogP contribution is 2.32. The highest BCUT2D eigenvalue weighted by molar-refractivity contribution is 5.77. The summed E-state index contributed by atoms with van der Waals surface area (Å²) in [6.07, 6.45) is 0. The van der Waals surface area contributed by atoms with Crippen LogP contribution in [0.5, 0.6) is 11.5 Å². The van der Waals surface area contributed by atoms with Crippen molar-refractivity contribution in [2.75, 3.05) is 19.5 Å². The van der Waals surface area contributed by atoms with E-state index >= 15 is 0 Å². The molecular formula is C13H15N3O3. The molecule has 1 aromatic heterocycles. The third-order valence-corrected chi connectivity index (χ3v) is 2.50. The maximum absolute atomic E-state index is 10.9. The number of aromatic nitrogens is 2. The highest BCUT2D eigenvalue weighted by atomic mass is 16.5. The van der Waals surface area contributed by atoms with Gasteiger partial charge in [0.25, 0.3) is 0 Å². The van der Waals surface area contributed by atoms with Gasteiger partial charge in [0.1, 0.15) is 12.4 Å². The maximum atomic E-state index is 10.9. The van der Waals surface area contributed by atoms with Gasteiger partial charge in [-0.1, -0.05) is 0 Å². The van der Waals surface area contributed by atoms with E-state index in [2.05, 4.69) is 10.2 Å². The molecule has 100 valence electrons. The molecule has 0 saturated heterocycles. The second-order valence-electron chi connectivity index (χ2n) is 4.06. The van der Waals surface area contributed by atoms with Crippen LogP contribution in [0.25, 0.3) is 11.3 Å². The second kappa shape index (κ2) is 5.43. The standard InChI is InChI=1S/C13H15N3O3/c1-8(17)7-19-11-4-3-9(5-12(11)18-2)10-6-13(14)16-15-10/h3-6H,7H2,1-2H3,(H3,14,15,16). The van der Waals surface area contributed by atoms with Crippen LogP contribution in [0.3, 0.4) is 0 Å². The van der Waals surface area contributed by atoms with Crippen LogP contribution in [0.2, 0.25) is 0 Å². The molecule has 0 unspecified atom stereocenters. The molecule has 0 bridgehead atoms. The van der Waals surface area contributed by atoms with Gasteiger partial charge in [0.2, 0.25) is 0 Å². The van der Waals surface area contributed by atoms with Gasteiger partial charge in [-0.2, -0.15) is 5.10 Å². The minimum absolute atomic E-state index is 0.0205. The van der Waals surface area contributed by atoms with Crippen LogP contribution in [0.1, 0.15) is 6.92 Å². The van der Waals surface area contributed by atoms with Crippen molar-refractivity contribution >= 4 is 11.6 Å². The molecule has 6 heteroatoms. The van der Waals surface area contributed by atoms with Crippen LogP contribution in [-0.4, -0.2) is 29.7 Å². The van der Waals surface area contributed by atoms with Crippen molar-refractivity contribution in [1.82, 2.24) is 10.2 Å². The van der Waals surface area contributed by atoms with E-state index in [1.807, 2.05) is 6.07 Å². The number of ketones is 1. The predicted molar refractivity (Wildman–Crippen MR) is 71.2 cm³/mol. The van der Waals surface area contributed by atoms with Crippen LogP contribution in [-0.2, 0) is 4.79 Å². The predicted octanol–water partition coefficient (Wildman–Crippen LogP) is 1.64. The average Bonchev–Trinajstić information content (AvgIpc) is 2.82. The molecule has 2 rings (SSSR count). The summed E-state index contributed by atoms with van der Waals surface area (Å²) in [5.41, 5.74) is 7.22. The first-order chi connectivity index (χ1) is 9.10. The molecule has 0 aliphatic rings. The van der Waals surface area contributed by atoms with Crippen LogP contribution < -0.4 is 15.2 Å². The molecule has 0 fully saturated rings. The van der Waals surface area contributed by atoms with Crippen molar-refractivity contribution in [2.24, 2.45) is 0 Å². The summed E-state index contributed by atoms with van der Waals surface area (Å²) in [6.45, 7) is 1.49. The van der Waals surface area contributed by atoms with Gasteiger partial charge in [0.05, 0.1) is 12.8 Å². The van der Waals surface area contributed by atoms with Gasteiger partial charge in [-0.05, 0) is 25.1 Å². The summed E-state index contributed by atoms with van der Waals surface area (Å²) >= 11 is 0. The number of nitrogens with zero attached hydrogens (tertiary/aromatic N) is 1. The molecule has 0 spiro atoms. The number of methoxy groups -OCH3 is 1. The molecule has 0 aliphatic heterocycles. The Morgan fingerprint density at radius 2 is 2.16 bits per heavy atom. The van der Waals surface area contributed by atoms with Gasteiger partial charge >= 0.3 is 0 Å². The normalized spacial score (nSPS) is 10.2. The Bertz CT molecular complexity index is 593. The molecule has 0 amide bonds. The number of anilines is 1. The number of hydrogen-bond donors (Lipinski definition) is 2. The zero-order valence-electron chi connectivity index (χ0n) is 10.8. The summed E-state index contributed by atoms with van der Waals surface area (Å²) in [5.74, 6) is 1.44. The maximum Gasteiger partial charge on any atom is 0.167 e. The van der Waals surface area contributed by atoms with Gasteiger partial charge in [0, 0.05) is 11.6 Å². The van der Waals surface area contributed by atoms with E-state index in [9.17, 15) is 4.79 Å². The van der Waals surface area contributed by atoms with Crippen LogP contribution >= 0.6 is 0 Å². The Morgan fingerprint density at radius 1 is 1.37 bits per heavy atom. The summed E-state index contributed by atoms with van der Waals surface area (Å²) in [7, 11) is 1.54. The molecule has 0 saturated carbocycles. The number of ether oxygens (including phenoxy) is 2. The Morgan fingerprint density at radius 3 is 2.74 bits per heavy atom. The molecule has 6 nitrogen and oxygen atoms in total. The van der Waals surface area contributed by atoms with E-state index in [1.165, 1.54) is 6.92 Å². The van der Waals surface area contributed by atoms with Gasteiger partial charge in [-0.3, -0.25) is 9.89 Å². The Balaban J connectivity index is 2.27. The number of hydrogen-bond acceptors (Lipinski definition) is 5. The number of carbonyl (C=O) groups excluding carboxylic acids is 1. The third-order valence-electron chi connectivity index (χ3n) is 2.50. The third kappa shape index (κ3) is 3.04. The van der Waals surface area contributed by atoms with Crippen molar-refractivity contribution in [2.45, 2.75) is 6.92 Å². The van der Waals surface area contributed by atoms with Crippen molar-refractivity contribution in [1.29, 1.82) is 0 Å². The van der Waals surface area contributed by atoms with Gasteiger partial charge < -0.3 is 15.2 Å². The molecule has 2 aromatic rings. The number of H-pyrrole nitrogens is 1. The lowest BCUT2D eigenvalue weighted by atomic mass is 10.1. The minimum atomic E-state index is -0.0486. The Labute approximate surface area is 110 Å². The van der Waals surface area contributed by atoms with Crippen LogP contribution in [0.15, 0.2) is 24.3 Å². The van der Waals surface area contributed by atoms with E-state index in [0.29, 0.717) is 17.3 Å². The number of benzene rings is 1. The number of nitrogens with two attached hydrogens (primary N) is 1. The average molecular weight is 261 g/mol. The van der Waals surface area contributed by atoms with Crippen LogP contribution in [0.4, 0.5) is 5.82 Å². The minimum Gasteiger partial charge on any atom is -0.493 e. The van der Waals surface area contributed by atoms with Crippen molar-refractivity contribution < 1.29 is 14.3 Å². The van der Waals surface area contributed by atoms with Crippen molar-refractivity contribution in [3.8, 4) is 22.8 Å². The number of nitrogen functional groups attached to an aromatic ring is 1. The quantitative estimate of drug-likeness (QED) is 0.853. The zero-order valence-corrected chi connectivity index (χ0v) is 10.8. The zero-order chi connectivity index (χ0) is 13.8. The topological polar surface area (TPSA) is 90.2 Å². The van der Waals surface area contributed by atoms with E-state index < -0.39 is 0 Å². The summed E-state index contributed by atoms with van der Waals surface area (Å²) in [4.78, 5) is 10.9. The lowest BCUT2D eigenvalue weighted by molar-refractivity contribution is -0.118. The SMILES string of the molecule is COc1cc(-c2cc(N)n[nH]2)ccc1OCC(C)=O. The van der Waals surface area contributed by atoms with Gasteiger partial charge in [0.15, 0.2) is 17.3 Å². The monoisotopic (exact) mass is 261 g/mol. The Kier molecular flexibility index (Phi) is 3.70. The van der Waals surface area contributed by atoms with Gasteiger partial charge in [-0.15, -0.1) is 0 Å². The van der Waals surface area contributed by atoms with E-state index in [-0.39, 0.29) is 12.4 Å². The van der Waals surface area contributed by atoms with Crippen LogP contribution in [0, 0.1) is 0 Å². The molecule has 1 heterocycles. The summed E-state index contributed by atoms with van der Waals surface area (Å²) in [5, 5.41) is 6.68. The number of rotatable bonds is 5. The molecule has 0 atom stereocenters. The smallest absolute Gasteiger partial charge is 0.167 e. The fourth-order valence-corrected chi connectivity index (χ4v) is 1.62. The molecule has 0 radical (unpaired) electrons. The number of aromatic amines is 1. The molecule has 19 heavy (non-hydrogen) atoms. The molecule has 3 N–H and O–H groups in total. The number of Topliss-reactive ketones (excluding diaryl/α,β-unsaturated/α-hetero) is 1. The van der Waals surface area contributed by atoms with Crippen molar-refractivity contribution in [3.05, 3.63) is 24.3 Å². The first-order valence-electron chi connectivity index (χ1n) is 5.71. The fraction of sp³-hybridized carbons (Fsp3) is 0.231. The van der Waals surface area contributed by atoms with E-state index in [4.69, 9.17) is 15.2 Å². The second-order valence-corrected chi connectivity index (χ2v) is 4.06. The lowest BCUT2D eigenvalue weighted by Gasteiger charge is -2.10. The Hall–Kier alpha value is -2.50. The van der Waals surface area contributed by atoms with E-state index in [1.54, 1.807) is 25.3 Å². The lowest BCUT2D eigenvalue weighted by Crippen LogP contribution is -2.07. The number of nitrogens with one attached hydrogen (secondary N) is 1. The first-order valence-corrected chi connectivity index (χ1v) is 5.71. The summed E-state index contributed by atoms with van der Waals surface area (Å²) < 4.78 is 10.6. The van der Waals surface area contributed by atoms with E-state index in [0.717, 1.165) is 11.3 Å².